The second kappa shape index (κ2) is 9.27. The van der Waals surface area contributed by atoms with Gasteiger partial charge in [0, 0.05) is 17.8 Å². The Labute approximate surface area is 147 Å². The number of thioether (sulfide) groups is 1. The van der Waals surface area contributed by atoms with Crippen LogP contribution in [0.5, 0.6) is 5.75 Å². The van der Waals surface area contributed by atoms with Crippen LogP contribution in [0.4, 0.5) is 0 Å². The van der Waals surface area contributed by atoms with E-state index in [1.165, 1.54) is 11.8 Å². The Balaban J connectivity index is 1.73. The summed E-state index contributed by atoms with van der Waals surface area (Å²) < 4.78 is 5.55. The van der Waals surface area contributed by atoms with E-state index in [4.69, 9.17) is 4.74 Å². The van der Waals surface area contributed by atoms with Gasteiger partial charge in [0.05, 0.1) is 6.54 Å². The maximum Gasteiger partial charge on any atom is 0.220 e. The van der Waals surface area contributed by atoms with Crippen LogP contribution in [0.15, 0.2) is 35.5 Å². The highest BCUT2D eigenvalue weighted by Gasteiger charge is 2.10. The smallest absolute Gasteiger partial charge is 0.220 e. The summed E-state index contributed by atoms with van der Waals surface area (Å²) >= 11 is 1.53. The lowest BCUT2D eigenvalue weighted by molar-refractivity contribution is -0.121. The number of aryl methyl sites for hydroxylation is 2. The van der Waals surface area contributed by atoms with Crippen molar-refractivity contribution in [1.82, 2.24) is 15.3 Å². The summed E-state index contributed by atoms with van der Waals surface area (Å²) in [4.78, 5) is 20.8. The molecule has 0 bridgehead atoms. The van der Waals surface area contributed by atoms with Crippen LogP contribution in [0.2, 0.25) is 0 Å². The van der Waals surface area contributed by atoms with Crippen molar-refractivity contribution in [3.63, 3.8) is 0 Å². The van der Waals surface area contributed by atoms with Crippen LogP contribution in [0.25, 0.3) is 0 Å². The number of aromatic nitrogens is 2. The average Bonchev–Trinajstić information content (AvgIpc) is 2.58. The first-order chi connectivity index (χ1) is 11.6. The van der Waals surface area contributed by atoms with Gasteiger partial charge in [-0.25, -0.2) is 9.97 Å². The Morgan fingerprint density at radius 1 is 1.17 bits per heavy atom. The molecule has 1 aromatic heterocycles. The molecule has 6 heteroatoms. The van der Waals surface area contributed by atoms with E-state index < -0.39 is 0 Å². The molecule has 1 N–H and O–H groups in total. The molecule has 2 rings (SSSR count). The molecule has 2 aromatic rings. The molecular formula is C18H23N3O2S. The van der Waals surface area contributed by atoms with E-state index in [9.17, 15) is 4.79 Å². The number of nitrogens with zero attached hydrogens (tertiary/aromatic N) is 2. The van der Waals surface area contributed by atoms with Gasteiger partial charge in [-0.15, -0.1) is 0 Å². The highest BCUT2D eigenvalue weighted by Crippen LogP contribution is 2.17. The zero-order chi connectivity index (χ0) is 17.4. The molecule has 0 unspecified atom stereocenters. The quantitative estimate of drug-likeness (QED) is 0.453. The standard InChI is InChI=1S/C18H23N3O2S/c1-13-16(14(2)21-18(20-13)24-3)9-10-17(22)19-11-12-23-15-7-5-4-6-8-15/h4-8H,9-12H2,1-3H3,(H,19,22). The predicted molar refractivity (Wildman–Crippen MR) is 96.6 cm³/mol. The molecule has 128 valence electrons. The molecule has 1 aromatic carbocycles. The molecule has 24 heavy (non-hydrogen) atoms. The van der Waals surface area contributed by atoms with Crippen molar-refractivity contribution in [2.75, 3.05) is 19.4 Å². The minimum absolute atomic E-state index is 0.0133. The predicted octanol–water partition coefficient (Wildman–Crippen LogP) is 2.94. The molecule has 0 spiro atoms. The highest BCUT2D eigenvalue weighted by molar-refractivity contribution is 7.98. The summed E-state index contributed by atoms with van der Waals surface area (Å²) in [5.41, 5.74) is 2.96. The van der Waals surface area contributed by atoms with Gasteiger partial charge >= 0.3 is 0 Å². The van der Waals surface area contributed by atoms with E-state index in [2.05, 4.69) is 15.3 Å². The molecule has 1 amide bonds. The first-order valence-electron chi connectivity index (χ1n) is 7.93. The Morgan fingerprint density at radius 2 is 1.83 bits per heavy atom. The van der Waals surface area contributed by atoms with Gasteiger partial charge in [-0.3, -0.25) is 4.79 Å². The number of nitrogens with one attached hydrogen (secondary N) is 1. The SMILES string of the molecule is CSc1nc(C)c(CCC(=O)NCCOc2ccccc2)c(C)n1. The molecular weight excluding hydrogens is 322 g/mol. The summed E-state index contributed by atoms with van der Waals surface area (Å²) in [5, 5.41) is 3.65. The normalized spacial score (nSPS) is 10.5. The second-order valence-electron chi connectivity index (χ2n) is 5.37. The minimum atomic E-state index is 0.0133. The first kappa shape index (κ1) is 18.3. The molecule has 0 atom stereocenters. The van der Waals surface area contributed by atoms with Gasteiger partial charge in [0.2, 0.25) is 5.91 Å². The van der Waals surface area contributed by atoms with E-state index in [-0.39, 0.29) is 5.91 Å². The summed E-state index contributed by atoms with van der Waals surface area (Å²) in [6, 6.07) is 9.57. The molecule has 0 fully saturated rings. The molecule has 0 saturated carbocycles. The summed E-state index contributed by atoms with van der Waals surface area (Å²) in [6.45, 7) is 4.89. The topological polar surface area (TPSA) is 64.1 Å². The van der Waals surface area contributed by atoms with Crippen molar-refractivity contribution in [3.8, 4) is 5.75 Å². The molecule has 0 aliphatic heterocycles. The van der Waals surface area contributed by atoms with Crippen molar-refractivity contribution in [2.24, 2.45) is 0 Å². The Bertz CT molecular complexity index is 654. The third-order valence-corrected chi connectivity index (χ3v) is 4.17. The number of rotatable bonds is 8. The molecule has 1 heterocycles. The van der Waals surface area contributed by atoms with Crippen LogP contribution in [0.3, 0.4) is 0 Å². The maximum atomic E-state index is 12.0. The van der Waals surface area contributed by atoms with Crippen molar-refractivity contribution in [3.05, 3.63) is 47.3 Å². The average molecular weight is 345 g/mol. The van der Waals surface area contributed by atoms with E-state index in [1.807, 2.05) is 50.4 Å². The maximum absolute atomic E-state index is 12.0. The van der Waals surface area contributed by atoms with Gasteiger partial charge in [-0.05, 0) is 44.2 Å². The molecule has 5 nitrogen and oxygen atoms in total. The number of carbonyl (C=O) groups excluding carboxylic acids is 1. The van der Waals surface area contributed by atoms with E-state index in [0.717, 1.165) is 27.9 Å². The first-order valence-corrected chi connectivity index (χ1v) is 9.15. The molecule has 0 aliphatic rings. The van der Waals surface area contributed by atoms with Gasteiger partial charge in [0.25, 0.3) is 0 Å². The number of hydrogen-bond donors (Lipinski definition) is 1. The molecule has 0 aliphatic carbocycles. The van der Waals surface area contributed by atoms with Crippen LogP contribution in [0, 0.1) is 13.8 Å². The molecule has 0 radical (unpaired) electrons. The largest absolute Gasteiger partial charge is 0.492 e. The van der Waals surface area contributed by atoms with Gasteiger partial charge in [0.1, 0.15) is 12.4 Å². The van der Waals surface area contributed by atoms with E-state index in [0.29, 0.717) is 26.0 Å². The monoisotopic (exact) mass is 345 g/mol. The zero-order valence-electron chi connectivity index (χ0n) is 14.3. The van der Waals surface area contributed by atoms with E-state index in [1.54, 1.807) is 0 Å². The van der Waals surface area contributed by atoms with Crippen molar-refractivity contribution >= 4 is 17.7 Å². The van der Waals surface area contributed by atoms with Crippen LogP contribution in [-0.4, -0.2) is 35.3 Å². The minimum Gasteiger partial charge on any atom is -0.492 e. The third kappa shape index (κ3) is 5.53. The fourth-order valence-corrected chi connectivity index (χ4v) is 2.82. The number of para-hydroxylation sites is 1. The zero-order valence-corrected chi connectivity index (χ0v) is 15.2. The van der Waals surface area contributed by atoms with Crippen LogP contribution in [-0.2, 0) is 11.2 Å². The number of ether oxygens (including phenoxy) is 1. The van der Waals surface area contributed by atoms with Gasteiger partial charge in [0.15, 0.2) is 5.16 Å². The van der Waals surface area contributed by atoms with Crippen LogP contribution in [0.1, 0.15) is 23.4 Å². The second-order valence-corrected chi connectivity index (χ2v) is 6.14. The van der Waals surface area contributed by atoms with Gasteiger partial charge < -0.3 is 10.1 Å². The lowest BCUT2D eigenvalue weighted by atomic mass is 10.1. The van der Waals surface area contributed by atoms with Gasteiger partial charge in [-0.1, -0.05) is 30.0 Å². The summed E-state index contributed by atoms with van der Waals surface area (Å²) in [5.74, 6) is 0.823. The lowest BCUT2D eigenvalue weighted by Crippen LogP contribution is -2.28. The number of benzene rings is 1. The fourth-order valence-electron chi connectivity index (χ4n) is 2.36. The summed E-state index contributed by atoms with van der Waals surface area (Å²) in [7, 11) is 0. The summed E-state index contributed by atoms with van der Waals surface area (Å²) in [6.07, 6.45) is 3.03. The Morgan fingerprint density at radius 3 is 2.46 bits per heavy atom. The van der Waals surface area contributed by atoms with Crippen LogP contribution >= 0.6 is 11.8 Å². The highest BCUT2D eigenvalue weighted by atomic mass is 32.2. The fraction of sp³-hybridized carbons (Fsp3) is 0.389. The third-order valence-electron chi connectivity index (χ3n) is 3.62. The number of hydrogen-bond acceptors (Lipinski definition) is 5. The van der Waals surface area contributed by atoms with E-state index >= 15 is 0 Å². The van der Waals surface area contributed by atoms with Crippen LogP contribution < -0.4 is 10.1 Å². The number of carbonyl (C=O) groups is 1. The van der Waals surface area contributed by atoms with Crippen molar-refractivity contribution in [2.45, 2.75) is 31.8 Å². The van der Waals surface area contributed by atoms with Crippen molar-refractivity contribution < 1.29 is 9.53 Å². The lowest BCUT2D eigenvalue weighted by Gasteiger charge is -2.10. The number of amides is 1. The van der Waals surface area contributed by atoms with Gasteiger partial charge in [-0.2, -0.15) is 0 Å². The Kier molecular flexibility index (Phi) is 7.06. The van der Waals surface area contributed by atoms with Crippen molar-refractivity contribution in [1.29, 1.82) is 0 Å². The molecule has 0 saturated heterocycles. The Hall–Kier alpha value is -2.08.